The van der Waals surface area contributed by atoms with Gasteiger partial charge in [0.2, 0.25) is 5.76 Å². The lowest BCUT2D eigenvalue weighted by Crippen LogP contribution is -2.40. The molecular formula is C14H20ClN3O2. The van der Waals surface area contributed by atoms with Crippen molar-refractivity contribution in [2.45, 2.75) is 25.4 Å². The zero-order chi connectivity index (χ0) is 13.1. The zero-order valence-electron chi connectivity index (χ0n) is 11.5. The van der Waals surface area contributed by atoms with Crippen LogP contribution in [0.1, 0.15) is 18.5 Å². The van der Waals surface area contributed by atoms with Crippen molar-refractivity contribution < 1.29 is 8.94 Å². The Hall–Kier alpha value is -1.30. The summed E-state index contributed by atoms with van der Waals surface area (Å²) in [6.07, 6.45) is 4.03. The van der Waals surface area contributed by atoms with E-state index in [2.05, 4.69) is 15.4 Å². The highest BCUT2D eigenvalue weighted by molar-refractivity contribution is 5.85. The second-order valence-corrected chi connectivity index (χ2v) is 5.00. The lowest BCUT2D eigenvalue weighted by molar-refractivity contribution is 0.190. The van der Waals surface area contributed by atoms with Gasteiger partial charge in [0.1, 0.15) is 0 Å². The van der Waals surface area contributed by atoms with Gasteiger partial charge in [-0.1, -0.05) is 5.16 Å². The Morgan fingerprint density at radius 1 is 1.35 bits per heavy atom. The van der Waals surface area contributed by atoms with E-state index < -0.39 is 0 Å². The topological polar surface area (TPSA) is 54.4 Å². The predicted molar refractivity (Wildman–Crippen MR) is 78.8 cm³/mol. The van der Waals surface area contributed by atoms with Crippen LogP contribution < -0.4 is 5.32 Å². The lowest BCUT2D eigenvalue weighted by atomic mass is 10.1. The minimum atomic E-state index is 0. The first-order valence-electron chi connectivity index (χ1n) is 6.74. The summed E-state index contributed by atoms with van der Waals surface area (Å²) in [6, 6.07) is 6.35. The van der Waals surface area contributed by atoms with Crippen molar-refractivity contribution in [2.24, 2.45) is 0 Å². The van der Waals surface area contributed by atoms with Gasteiger partial charge in [0, 0.05) is 31.7 Å². The molecule has 0 atom stereocenters. The summed E-state index contributed by atoms with van der Waals surface area (Å²) < 4.78 is 10.6. The van der Waals surface area contributed by atoms with Crippen LogP contribution in [0.3, 0.4) is 0 Å². The summed E-state index contributed by atoms with van der Waals surface area (Å²) in [6.45, 7) is 3.06. The van der Waals surface area contributed by atoms with Crippen LogP contribution in [0.2, 0.25) is 0 Å². The molecular weight excluding hydrogens is 278 g/mol. The monoisotopic (exact) mass is 297 g/mol. The van der Waals surface area contributed by atoms with Crippen LogP contribution in [0.15, 0.2) is 33.4 Å². The van der Waals surface area contributed by atoms with Gasteiger partial charge in [-0.15, -0.1) is 12.4 Å². The molecule has 3 rings (SSSR count). The molecule has 2 aromatic heterocycles. The number of nitrogens with zero attached hydrogens (tertiary/aromatic N) is 2. The molecule has 1 aliphatic rings. The van der Waals surface area contributed by atoms with Gasteiger partial charge in [0.15, 0.2) is 5.76 Å². The Morgan fingerprint density at radius 3 is 2.80 bits per heavy atom. The SMILES string of the molecule is CNC1CCN(Cc2cc(-c3ccco3)on2)CC1.Cl. The molecule has 0 saturated carbocycles. The summed E-state index contributed by atoms with van der Waals surface area (Å²) in [7, 11) is 2.04. The number of piperidine rings is 1. The van der Waals surface area contributed by atoms with Crippen molar-refractivity contribution in [3.05, 3.63) is 30.2 Å². The van der Waals surface area contributed by atoms with E-state index in [4.69, 9.17) is 8.94 Å². The Labute approximate surface area is 124 Å². The molecule has 1 N–H and O–H groups in total. The maximum atomic E-state index is 5.31. The standard InChI is InChI=1S/C14H19N3O2.ClH/c1-15-11-4-6-17(7-5-11)10-12-9-14(19-16-12)13-3-2-8-18-13;/h2-3,8-9,11,15H,4-7,10H2,1H3;1H. The molecule has 6 heteroatoms. The van der Waals surface area contributed by atoms with Crippen LogP contribution in [0, 0.1) is 0 Å². The minimum Gasteiger partial charge on any atom is -0.461 e. The fourth-order valence-corrected chi connectivity index (χ4v) is 2.53. The van der Waals surface area contributed by atoms with Crippen molar-refractivity contribution in [1.29, 1.82) is 0 Å². The number of aromatic nitrogens is 1. The summed E-state index contributed by atoms with van der Waals surface area (Å²) in [5, 5.41) is 7.45. The van der Waals surface area contributed by atoms with Gasteiger partial charge in [-0.3, -0.25) is 4.90 Å². The van der Waals surface area contributed by atoms with E-state index >= 15 is 0 Å². The molecule has 0 aromatic carbocycles. The van der Waals surface area contributed by atoms with E-state index in [1.807, 2.05) is 25.2 Å². The molecule has 110 valence electrons. The van der Waals surface area contributed by atoms with Gasteiger partial charge in [-0.25, -0.2) is 0 Å². The fraction of sp³-hybridized carbons (Fsp3) is 0.500. The molecule has 5 nitrogen and oxygen atoms in total. The van der Waals surface area contributed by atoms with Crippen molar-refractivity contribution >= 4 is 12.4 Å². The highest BCUT2D eigenvalue weighted by Crippen LogP contribution is 2.21. The van der Waals surface area contributed by atoms with Crippen molar-refractivity contribution in [1.82, 2.24) is 15.4 Å². The summed E-state index contributed by atoms with van der Waals surface area (Å²) in [5.74, 6) is 1.43. The molecule has 1 aliphatic heterocycles. The first-order chi connectivity index (χ1) is 9.35. The predicted octanol–water partition coefficient (Wildman–Crippen LogP) is 2.54. The molecule has 20 heavy (non-hydrogen) atoms. The van der Waals surface area contributed by atoms with E-state index in [1.54, 1.807) is 6.26 Å². The highest BCUT2D eigenvalue weighted by Gasteiger charge is 2.19. The van der Waals surface area contributed by atoms with Crippen molar-refractivity contribution in [3.63, 3.8) is 0 Å². The molecule has 0 aliphatic carbocycles. The van der Waals surface area contributed by atoms with Crippen LogP contribution in [0.4, 0.5) is 0 Å². The molecule has 0 bridgehead atoms. The van der Waals surface area contributed by atoms with Gasteiger partial charge < -0.3 is 14.3 Å². The van der Waals surface area contributed by atoms with Crippen LogP contribution in [0.5, 0.6) is 0 Å². The lowest BCUT2D eigenvalue weighted by Gasteiger charge is -2.30. The van der Waals surface area contributed by atoms with E-state index in [9.17, 15) is 0 Å². The van der Waals surface area contributed by atoms with E-state index in [0.29, 0.717) is 11.8 Å². The van der Waals surface area contributed by atoms with E-state index in [-0.39, 0.29) is 12.4 Å². The number of nitrogens with one attached hydrogen (secondary N) is 1. The number of likely N-dealkylation sites (tertiary alicyclic amines) is 1. The second kappa shape index (κ2) is 6.92. The third-order valence-corrected chi connectivity index (χ3v) is 3.70. The summed E-state index contributed by atoms with van der Waals surface area (Å²) >= 11 is 0. The van der Waals surface area contributed by atoms with Gasteiger partial charge in [0.25, 0.3) is 0 Å². The number of rotatable bonds is 4. The molecule has 1 fully saturated rings. The van der Waals surface area contributed by atoms with Gasteiger partial charge >= 0.3 is 0 Å². The largest absolute Gasteiger partial charge is 0.461 e. The van der Waals surface area contributed by atoms with Gasteiger partial charge in [0.05, 0.1) is 12.0 Å². The maximum Gasteiger partial charge on any atom is 0.202 e. The van der Waals surface area contributed by atoms with E-state index in [1.165, 1.54) is 12.8 Å². The van der Waals surface area contributed by atoms with Crippen molar-refractivity contribution in [2.75, 3.05) is 20.1 Å². The van der Waals surface area contributed by atoms with Crippen LogP contribution in [-0.2, 0) is 6.54 Å². The van der Waals surface area contributed by atoms with Gasteiger partial charge in [-0.2, -0.15) is 0 Å². The normalized spacial score (nSPS) is 17.1. The molecule has 0 spiro atoms. The third-order valence-electron chi connectivity index (χ3n) is 3.70. The molecule has 0 amide bonds. The van der Waals surface area contributed by atoms with Crippen LogP contribution >= 0.6 is 12.4 Å². The Balaban J connectivity index is 0.00000147. The minimum absolute atomic E-state index is 0. The fourth-order valence-electron chi connectivity index (χ4n) is 2.53. The highest BCUT2D eigenvalue weighted by atomic mass is 35.5. The number of hydrogen-bond donors (Lipinski definition) is 1. The smallest absolute Gasteiger partial charge is 0.202 e. The quantitative estimate of drug-likeness (QED) is 0.940. The zero-order valence-corrected chi connectivity index (χ0v) is 12.4. The molecule has 0 radical (unpaired) electrons. The molecule has 2 aromatic rings. The average molecular weight is 298 g/mol. The van der Waals surface area contributed by atoms with Gasteiger partial charge in [-0.05, 0) is 32.0 Å². The third kappa shape index (κ3) is 3.42. The summed E-state index contributed by atoms with van der Waals surface area (Å²) in [4.78, 5) is 2.41. The number of halogens is 1. The Bertz CT molecular complexity index is 504. The Kier molecular flexibility index (Phi) is 5.23. The molecule has 3 heterocycles. The Morgan fingerprint density at radius 2 is 2.15 bits per heavy atom. The van der Waals surface area contributed by atoms with E-state index in [0.717, 1.165) is 31.1 Å². The van der Waals surface area contributed by atoms with Crippen molar-refractivity contribution in [3.8, 4) is 11.5 Å². The van der Waals surface area contributed by atoms with Crippen LogP contribution in [0.25, 0.3) is 11.5 Å². The molecule has 1 saturated heterocycles. The second-order valence-electron chi connectivity index (χ2n) is 5.00. The molecule has 0 unspecified atom stereocenters. The number of furan rings is 1. The maximum absolute atomic E-state index is 5.31. The average Bonchev–Trinajstić information content (AvgIpc) is 3.10. The van der Waals surface area contributed by atoms with Crippen LogP contribution in [-0.4, -0.2) is 36.2 Å². The first-order valence-corrected chi connectivity index (χ1v) is 6.74. The summed E-state index contributed by atoms with van der Waals surface area (Å²) in [5.41, 5.74) is 0.967. The first kappa shape index (κ1) is 15.1. The number of hydrogen-bond acceptors (Lipinski definition) is 5.